The Labute approximate surface area is 159 Å². The summed E-state index contributed by atoms with van der Waals surface area (Å²) in [6.45, 7) is 5.89. The van der Waals surface area contributed by atoms with Crippen molar-refractivity contribution in [2.24, 2.45) is 0 Å². The number of alkyl carbamates (subject to hydrolysis) is 1. The highest BCUT2D eigenvalue weighted by atomic mass is 35.5. The average Bonchev–Trinajstić information content (AvgIpc) is 2.53. The molecule has 2 rings (SSSR count). The molecule has 2 aromatic rings. The van der Waals surface area contributed by atoms with Gasteiger partial charge in [-0.05, 0) is 51.8 Å². The van der Waals surface area contributed by atoms with Gasteiger partial charge in [-0.3, -0.25) is 9.78 Å². The number of benzene rings is 1. The molecule has 1 aromatic heterocycles. The highest BCUT2D eigenvalue weighted by molar-refractivity contribution is 5.87. The Bertz CT molecular complexity index is 738. The van der Waals surface area contributed by atoms with Crippen LogP contribution in [0.25, 0.3) is 10.9 Å². The van der Waals surface area contributed by atoms with Crippen molar-refractivity contribution in [3.63, 3.8) is 0 Å². The van der Waals surface area contributed by atoms with Crippen molar-refractivity contribution >= 4 is 35.4 Å². The summed E-state index contributed by atoms with van der Waals surface area (Å²) < 4.78 is 10.6. The van der Waals surface area contributed by atoms with E-state index in [0.29, 0.717) is 25.1 Å². The van der Waals surface area contributed by atoms with Crippen molar-refractivity contribution < 1.29 is 19.1 Å². The second-order valence-electron chi connectivity index (χ2n) is 6.69. The largest absolute Gasteiger partial charge is 0.444 e. The van der Waals surface area contributed by atoms with Crippen LogP contribution in [0.1, 0.15) is 40.0 Å². The van der Waals surface area contributed by atoms with E-state index in [2.05, 4.69) is 10.3 Å². The Kier molecular flexibility index (Phi) is 8.32. The van der Waals surface area contributed by atoms with E-state index in [1.165, 1.54) is 0 Å². The number of halogens is 1. The number of hydrogen-bond acceptors (Lipinski definition) is 5. The number of carbonyl (C=O) groups excluding carboxylic acids is 2. The second-order valence-corrected chi connectivity index (χ2v) is 6.69. The summed E-state index contributed by atoms with van der Waals surface area (Å²) in [5, 5.41) is 3.48. The number of esters is 1. The standard InChI is InChI=1S/C19H24N2O4.ClH/c1-19(2,3)25-18(23)21-12-7-6-10-17(22)24-16-11-13-20-15-9-5-4-8-14(15)16;/h4-5,8-9,11,13H,6-7,10,12H2,1-3H3,(H,21,23);1H. The van der Waals surface area contributed by atoms with Crippen molar-refractivity contribution in [3.05, 3.63) is 36.5 Å². The van der Waals surface area contributed by atoms with Crippen LogP contribution in [0.5, 0.6) is 5.75 Å². The van der Waals surface area contributed by atoms with E-state index in [9.17, 15) is 9.59 Å². The maximum absolute atomic E-state index is 12.0. The van der Waals surface area contributed by atoms with Gasteiger partial charge >= 0.3 is 12.1 Å². The van der Waals surface area contributed by atoms with E-state index in [-0.39, 0.29) is 24.8 Å². The summed E-state index contributed by atoms with van der Waals surface area (Å²) >= 11 is 0. The highest BCUT2D eigenvalue weighted by Crippen LogP contribution is 2.23. The van der Waals surface area contributed by atoms with E-state index < -0.39 is 11.7 Å². The number of aromatic nitrogens is 1. The van der Waals surface area contributed by atoms with Crippen LogP contribution in [0.4, 0.5) is 4.79 Å². The lowest BCUT2D eigenvalue weighted by molar-refractivity contribution is -0.134. The number of pyridine rings is 1. The molecule has 7 heteroatoms. The van der Waals surface area contributed by atoms with Gasteiger partial charge in [-0.15, -0.1) is 12.4 Å². The molecule has 0 aliphatic heterocycles. The lowest BCUT2D eigenvalue weighted by atomic mass is 10.2. The van der Waals surface area contributed by atoms with Crippen LogP contribution in [0.15, 0.2) is 36.5 Å². The van der Waals surface area contributed by atoms with Gasteiger partial charge in [0.1, 0.15) is 11.4 Å². The minimum atomic E-state index is -0.513. The summed E-state index contributed by atoms with van der Waals surface area (Å²) in [7, 11) is 0. The summed E-state index contributed by atoms with van der Waals surface area (Å²) in [4.78, 5) is 27.7. The maximum Gasteiger partial charge on any atom is 0.407 e. The zero-order chi connectivity index (χ0) is 18.3. The average molecular weight is 381 g/mol. The minimum absolute atomic E-state index is 0. The molecule has 0 fully saturated rings. The number of hydrogen-bond donors (Lipinski definition) is 1. The van der Waals surface area contributed by atoms with E-state index >= 15 is 0 Å². The van der Waals surface area contributed by atoms with E-state index in [1.54, 1.807) is 12.3 Å². The van der Waals surface area contributed by atoms with Gasteiger partial charge in [-0.2, -0.15) is 0 Å². The number of fused-ring (bicyclic) bond motifs is 1. The first kappa shape index (κ1) is 21.7. The molecule has 1 N–H and O–H groups in total. The molecule has 1 heterocycles. The number of rotatable bonds is 6. The molecule has 142 valence electrons. The third-order valence-corrected chi connectivity index (χ3v) is 3.31. The molecular weight excluding hydrogens is 356 g/mol. The zero-order valence-electron chi connectivity index (χ0n) is 15.3. The third-order valence-electron chi connectivity index (χ3n) is 3.31. The van der Waals surface area contributed by atoms with Gasteiger partial charge in [-0.25, -0.2) is 4.79 Å². The van der Waals surface area contributed by atoms with Crippen molar-refractivity contribution in [1.82, 2.24) is 10.3 Å². The predicted molar refractivity (Wildman–Crippen MR) is 103 cm³/mol. The van der Waals surface area contributed by atoms with Crippen LogP contribution in [0, 0.1) is 0 Å². The zero-order valence-corrected chi connectivity index (χ0v) is 16.1. The number of para-hydroxylation sites is 1. The van der Waals surface area contributed by atoms with Crippen LogP contribution in [0.2, 0.25) is 0 Å². The minimum Gasteiger partial charge on any atom is -0.444 e. The molecule has 0 unspecified atom stereocenters. The molecule has 6 nitrogen and oxygen atoms in total. The fraction of sp³-hybridized carbons (Fsp3) is 0.421. The van der Waals surface area contributed by atoms with Gasteiger partial charge in [0.2, 0.25) is 0 Å². The monoisotopic (exact) mass is 380 g/mol. The highest BCUT2D eigenvalue weighted by Gasteiger charge is 2.15. The van der Waals surface area contributed by atoms with Crippen molar-refractivity contribution in [2.75, 3.05) is 6.54 Å². The van der Waals surface area contributed by atoms with Gasteiger partial charge in [0.25, 0.3) is 0 Å². The molecule has 0 radical (unpaired) electrons. The Hall–Kier alpha value is -2.34. The molecule has 1 aromatic carbocycles. The number of carbonyl (C=O) groups is 2. The maximum atomic E-state index is 12.0. The third kappa shape index (κ3) is 7.27. The second kappa shape index (κ2) is 9.97. The molecule has 0 bridgehead atoms. The lowest BCUT2D eigenvalue weighted by Crippen LogP contribution is -2.33. The molecule has 0 saturated carbocycles. The SMILES string of the molecule is CC(C)(C)OC(=O)NCCCCC(=O)Oc1ccnc2ccccc12.Cl. The molecule has 0 atom stereocenters. The molecule has 0 saturated heterocycles. The Balaban J connectivity index is 0.00000338. The lowest BCUT2D eigenvalue weighted by Gasteiger charge is -2.19. The van der Waals surface area contributed by atoms with Gasteiger partial charge in [0.15, 0.2) is 0 Å². The Morgan fingerprint density at radius 1 is 1.12 bits per heavy atom. The normalized spacial score (nSPS) is 10.7. The van der Waals surface area contributed by atoms with E-state index in [1.807, 2.05) is 45.0 Å². The van der Waals surface area contributed by atoms with Gasteiger partial charge in [0, 0.05) is 24.5 Å². The molecule has 0 spiro atoms. The van der Waals surface area contributed by atoms with E-state index in [0.717, 1.165) is 10.9 Å². The van der Waals surface area contributed by atoms with Gasteiger partial charge in [-0.1, -0.05) is 12.1 Å². The smallest absolute Gasteiger partial charge is 0.407 e. The molecule has 1 amide bonds. The Morgan fingerprint density at radius 2 is 1.85 bits per heavy atom. The summed E-state index contributed by atoms with van der Waals surface area (Å²) in [5.74, 6) is 0.219. The fourth-order valence-electron chi connectivity index (χ4n) is 2.23. The van der Waals surface area contributed by atoms with Crippen LogP contribution in [-0.4, -0.2) is 29.2 Å². The van der Waals surface area contributed by atoms with Gasteiger partial charge < -0.3 is 14.8 Å². The van der Waals surface area contributed by atoms with Crippen molar-refractivity contribution in [2.45, 2.75) is 45.6 Å². The molecule has 26 heavy (non-hydrogen) atoms. The summed E-state index contributed by atoms with van der Waals surface area (Å²) in [5.41, 5.74) is 0.274. The first-order valence-electron chi connectivity index (χ1n) is 8.36. The van der Waals surface area contributed by atoms with Crippen LogP contribution >= 0.6 is 12.4 Å². The van der Waals surface area contributed by atoms with Crippen molar-refractivity contribution in [1.29, 1.82) is 0 Å². The fourth-order valence-corrected chi connectivity index (χ4v) is 2.23. The Morgan fingerprint density at radius 3 is 2.58 bits per heavy atom. The number of amides is 1. The molecular formula is C19H25ClN2O4. The molecule has 0 aliphatic carbocycles. The first-order chi connectivity index (χ1) is 11.8. The quantitative estimate of drug-likeness (QED) is 0.598. The number of nitrogens with zero attached hydrogens (tertiary/aromatic N) is 1. The number of nitrogens with one attached hydrogen (secondary N) is 1. The van der Waals surface area contributed by atoms with E-state index in [4.69, 9.17) is 9.47 Å². The predicted octanol–water partition coefficient (Wildman–Crippen LogP) is 4.26. The van der Waals surface area contributed by atoms with Crippen LogP contribution < -0.4 is 10.1 Å². The van der Waals surface area contributed by atoms with Crippen molar-refractivity contribution in [3.8, 4) is 5.75 Å². The van der Waals surface area contributed by atoms with Crippen LogP contribution in [0.3, 0.4) is 0 Å². The van der Waals surface area contributed by atoms with Gasteiger partial charge in [0.05, 0.1) is 5.52 Å². The summed E-state index contributed by atoms with van der Waals surface area (Å²) in [6, 6.07) is 9.19. The molecule has 0 aliphatic rings. The topological polar surface area (TPSA) is 77.5 Å². The summed E-state index contributed by atoms with van der Waals surface area (Å²) in [6.07, 6.45) is 2.75. The first-order valence-corrected chi connectivity index (χ1v) is 8.36. The van der Waals surface area contributed by atoms with Crippen LogP contribution in [-0.2, 0) is 9.53 Å². The number of ether oxygens (including phenoxy) is 2. The number of unbranched alkanes of at least 4 members (excludes halogenated alkanes) is 1.